The van der Waals surface area contributed by atoms with E-state index < -0.39 is 0 Å². The van der Waals surface area contributed by atoms with Crippen molar-refractivity contribution >= 4 is 8.58 Å². The highest BCUT2D eigenvalue weighted by atomic mass is 31.1. The standard InChI is InChI=1S/C5H7N2P/c6-3-4-1-2-8-5(4)7/h8H,1-2,7H2. The first-order valence-corrected chi connectivity index (χ1v) is 3.68. The van der Waals surface area contributed by atoms with Crippen LogP contribution in [-0.2, 0) is 0 Å². The lowest BCUT2D eigenvalue weighted by Crippen LogP contribution is -1.88. The monoisotopic (exact) mass is 126 g/mol. The van der Waals surface area contributed by atoms with Crippen molar-refractivity contribution in [3.05, 3.63) is 11.0 Å². The van der Waals surface area contributed by atoms with Crippen molar-refractivity contribution in [2.24, 2.45) is 5.73 Å². The summed E-state index contributed by atoms with van der Waals surface area (Å²) in [6.45, 7) is 0. The molecule has 0 saturated heterocycles. The van der Waals surface area contributed by atoms with Crippen molar-refractivity contribution in [2.75, 3.05) is 6.16 Å². The Bertz CT molecular complexity index is 166. The zero-order valence-electron chi connectivity index (χ0n) is 4.44. The average molecular weight is 126 g/mol. The maximum atomic E-state index is 8.35. The van der Waals surface area contributed by atoms with E-state index >= 15 is 0 Å². The van der Waals surface area contributed by atoms with E-state index in [2.05, 4.69) is 6.07 Å². The first-order valence-electron chi connectivity index (χ1n) is 2.47. The highest BCUT2D eigenvalue weighted by Gasteiger charge is 2.09. The number of nitriles is 1. The molecule has 0 radical (unpaired) electrons. The van der Waals surface area contributed by atoms with E-state index in [1.807, 2.05) is 0 Å². The first-order chi connectivity index (χ1) is 3.84. The van der Waals surface area contributed by atoms with Crippen LogP contribution in [0.15, 0.2) is 11.0 Å². The van der Waals surface area contributed by atoms with E-state index in [1.165, 1.54) is 0 Å². The molecule has 0 aromatic heterocycles. The summed E-state index contributed by atoms with van der Waals surface area (Å²) < 4.78 is 0. The summed E-state index contributed by atoms with van der Waals surface area (Å²) in [6.07, 6.45) is 2.00. The van der Waals surface area contributed by atoms with Gasteiger partial charge in [-0.25, -0.2) is 0 Å². The molecule has 2 N–H and O–H groups in total. The molecule has 0 aromatic carbocycles. The van der Waals surface area contributed by atoms with Gasteiger partial charge in [-0.3, -0.25) is 0 Å². The van der Waals surface area contributed by atoms with Gasteiger partial charge in [0, 0.05) is 5.44 Å². The van der Waals surface area contributed by atoms with Crippen molar-refractivity contribution in [3.63, 3.8) is 0 Å². The lowest BCUT2D eigenvalue weighted by atomic mass is 10.2. The van der Waals surface area contributed by atoms with Gasteiger partial charge in [-0.15, -0.1) is 0 Å². The Hall–Kier alpha value is -0.540. The molecule has 0 fully saturated rings. The van der Waals surface area contributed by atoms with Crippen LogP contribution in [0.4, 0.5) is 0 Å². The van der Waals surface area contributed by atoms with Crippen LogP contribution in [0.3, 0.4) is 0 Å². The second kappa shape index (κ2) is 2.15. The Balaban J connectivity index is 2.77. The summed E-state index contributed by atoms with van der Waals surface area (Å²) in [5.74, 6) is 0. The third kappa shape index (κ3) is 0.827. The van der Waals surface area contributed by atoms with Gasteiger partial charge < -0.3 is 5.73 Å². The van der Waals surface area contributed by atoms with E-state index in [9.17, 15) is 0 Å². The topological polar surface area (TPSA) is 49.8 Å². The minimum Gasteiger partial charge on any atom is -0.398 e. The van der Waals surface area contributed by atoms with Gasteiger partial charge in [-0.1, -0.05) is 8.58 Å². The number of allylic oxidation sites excluding steroid dienone is 1. The highest BCUT2D eigenvalue weighted by Crippen LogP contribution is 2.32. The van der Waals surface area contributed by atoms with Crippen molar-refractivity contribution in [1.82, 2.24) is 0 Å². The summed E-state index contributed by atoms with van der Waals surface area (Å²) in [5, 5.41) is 8.35. The number of nitrogens with two attached hydrogens (primary N) is 1. The second-order valence-corrected chi connectivity index (χ2v) is 3.07. The molecular formula is C5H7N2P. The summed E-state index contributed by atoms with van der Waals surface area (Å²) in [6, 6.07) is 2.08. The smallest absolute Gasteiger partial charge is 0.0969 e. The second-order valence-electron chi connectivity index (χ2n) is 1.68. The van der Waals surface area contributed by atoms with Crippen molar-refractivity contribution in [1.29, 1.82) is 5.26 Å². The van der Waals surface area contributed by atoms with Gasteiger partial charge in [0.25, 0.3) is 0 Å². The Morgan fingerprint density at radius 3 is 2.75 bits per heavy atom. The molecule has 8 heavy (non-hydrogen) atoms. The van der Waals surface area contributed by atoms with E-state index in [1.54, 1.807) is 0 Å². The van der Waals surface area contributed by atoms with Gasteiger partial charge in [-0.2, -0.15) is 5.26 Å². The fraction of sp³-hybridized carbons (Fsp3) is 0.400. The van der Waals surface area contributed by atoms with Crippen LogP contribution in [0.1, 0.15) is 6.42 Å². The molecule has 0 saturated carbocycles. The summed E-state index contributed by atoms with van der Waals surface area (Å²) in [4.78, 5) is 0. The molecular weight excluding hydrogens is 119 g/mol. The maximum absolute atomic E-state index is 8.35. The Morgan fingerprint density at radius 2 is 2.50 bits per heavy atom. The number of nitrogens with zero attached hydrogens (tertiary/aromatic N) is 1. The highest BCUT2D eigenvalue weighted by molar-refractivity contribution is 7.43. The molecule has 0 bridgehead atoms. The third-order valence-corrected chi connectivity index (χ3v) is 2.33. The van der Waals surface area contributed by atoms with Crippen LogP contribution in [0.25, 0.3) is 0 Å². The van der Waals surface area contributed by atoms with Crippen LogP contribution < -0.4 is 5.73 Å². The lowest BCUT2D eigenvalue weighted by Gasteiger charge is -1.85. The fourth-order valence-electron chi connectivity index (χ4n) is 0.680. The van der Waals surface area contributed by atoms with E-state index in [0.29, 0.717) is 8.58 Å². The first kappa shape index (κ1) is 5.59. The van der Waals surface area contributed by atoms with Gasteiger partial charge in [0.2, 0.25) is 0 Å². The van der Waals surface area contributed by atoms with Crippen LogP contribution in [0.5, 0.6) is 0 Å². The average Bonchev–Trinajstić information content (AvgIpc) is 2.14. The molecule has 1 aliphatic rings. The number of hydrogen-bond donors (Lipinski definition) is 1. The Labute approximate surface area is 50.2 Å². The molecule has 1 atom stereocenters. The third-order valence-electron chi connectivity index (χ3n) is 1.15. The quantitative estimate of drug-likeness (QED) is 0.487. The molecule has 42 valence electrons. The minimum atomic E-state index is 0.704. The van der Waals surface area contributed by atoms with Crippen LogP contribution in [0, 0.1) is 11.3 Å². The Kier molecular flexibility index (Phi) is 1.50. The molecule has 1 rings (SSSR count). The van der Waals surface area contributed by atoms with Gasteiger partial charge in [0.1, 0.15) is 0 Å². The van der Waals surface area contributed by atoms with E-state index in [4.69, 9.17) is 11.0 Å². The normalized spacial score (nSPS) is 21.9. The molecule has 2 nitrogen and oxygen atoms in total. The van der Waals surface area contributed by atoms with Crippen LogP contribution >= 0.6 is 8.58 Å². The Morgan fingerprint density at radius 1 is 1.75 bits per heavy atom. The molecule has 0 aromatic rings. The zero-order chi connectivity index (χ0) is 5.98. The number of hydrogen-bond acceptors (Lipinski definition) is 2. The largest absolute Gasteiger partial charge is 0.398 e. The molecule has 0 aliphatic carbocycles. The molecule has 3 heteroatoms. The molecule has 1 aliphatic heterocycles. The van der Waals surface area contributed by atoms with Crippen LogP contribution in [-0.4, -0.2) is 6.16 Å². The van der Waals surface area contributed by atoms with Gasteiger partial charge in [0.15, 0.2) is 0 Å². The van der Waals surface area contributed by atoms with Crippen molar-refractivity contribution in [3.8, 4) is 6.07 Å². The number of rotatable bonds is 0. The van der Waals surface area contributed by atoms with Crippen LogP contribution in [0.2, 0.25) is 0 Å². The molecule has 1 heterocycles. The van der Waals surface area contributed by atoms with Gasteiger partial charge in [0.05, 0.1) is 11.6 Å². The summed E-state index contributed by atoms with van der Waals surface area (Å²) >= 11 is 0. The molecule has 0 amide bonds. The summed E-state index contributed by atoms with van der Waals surface area (Å²) in [5.41, 5.74) is 7.09. The van der Waals surface area contributed by atoms with Gasteiger partial charge in [-0.05, 0) is 12.6 Å². The SMILES string of the molecule is N#CC1=C(N)PCC1. The minimum absolute atomic E-state index is 0.704. The van der Waals surface area contributed by atoms with Crippen molar-refractivity contribution in [2.45, 2.75) is 6.42 Å². The zero-order valence-corrected chi connectivity index (χ0v) is 5.44. The van der Waals surface area contributed by atoms with Crippen molar-refractivity contribution < 1.29 is 0 Å². The predicted molar refractivity (Wildman–Crippen MR) is 34.6 cm³/mol. The van der Waals surface area contributed by atoms with E-state index in [-0.39, 0.29) is 0 Å². The van der Waals surface area contributed by atoms with E-state index in [0.717, 1.165) is 23.6 Å². The van der Waals surface area contributed by atoms with Gasteiger partial charge >= 0.3 is 0 Å². The fourth-order valence-corrected chi connectivity index (χ4v) is 1.72. The maximum Gasteiger partial charge on any atom is 0.0969 e. The molecule has 1 unspecified atom stereocenters. The predicted octanol–water partition coefficient (Wildman–Crippen LogP) is 0.762. The lowest BCUT2D eigenvalue weighted by molar-refractivity contribution is 1.18. The summed E-state index contributed by atoms with van der Waals surface area (Å²) in [7, 11) is 0.704. The molecule has 0 spiro atoms.